The number of hydrogen-bond donors (Lipinski definition) is 2. The van der Waals surface area contributed by atoms with Gasteiger partial charge >= 0.3 is 0 Å². The lowest BCUT2D eigenvalue weighted by Crippen LogP contribution is -2.56. The van der Waals surface area contributed by atoms with Gasteiger partial charge in [0.25, 0.3) is 0 Å². The first-order chi connectivity index (χ1) is 11.8. The summed E-state index contributed by atoms with van der Waals surface area (Å²) in [5.74, 6) is 0.654. The fourth-order valence-corrected chi connectivity index (χ4v) is 6.46. The van der Waals surface area contributed by atoms with Crippen LogP contribution in [0.3, 0.4) is 0 Å². The first-order valence-corrected chi connectivity index (χ1v) is 9.57. The number of carbonyl (C=O) groups is 2. The van der Waals surface area contributed by atoms with Crippen molar-refractivity contribution in [2.45, 2.75) is 64.4 Å². The minimum absolute atomic E-state index is 0.0701. The van der Waals surface area contributed by atoms with E-state index < -0.39 is 23.4 Å². The van der Waals surface area contributed by atoms with Gasteiger partial charge in [-0.15, -0.1) is 0 Å². The van der Waals surface area contributed by atoms with Gasteiger partial charge in [-0.25, -0.2) is 0 Å². The van der Waals surface area contributed by atoms with Crippen LogP contribution < -0.4 is 0 Å². The number of fused-ring (bicyclic) bond motifs is 5. The van der Waals surface area contributed by atoms with Crippen LogP contribution in [0.25, 0.3) is 0 Å². The smallest absolute Gasteiger partial charge is 0.190 e. The second-order valence-corrected chi connectivity index (χ2v) is 8.98. The van der Waals surface area contributed by atoms with Crippen molar-refractivity contribution < 1.29 is 19.8 Å². The van der Waals surface area contributed by atoms with Gasteiger partial charge < -0.3 is 10.2 Å². The largest absolute Gasteiger partial charge is 0.388 e. The maximum Gasteiger partial charge on any atom is 0.190 e. The summed E-state index contributed by atoms with van der Waals surface area (Å²) in [6.07, 6.45) is 9.49. The number of Topliss-reactive ketones (excluding diaryl/α,β-unsaturated/α-hetero) is 1. The normalized spacial score (nSPS) is 45.8. The van der Waals surface area contributed by atoms with E-state index in [2.05, 4.69) is 13.0 Å². The standard InChI is InChI=1S/C21H28O4/c1-19-8-5-14(23)11-13(19)3-4-15-16(19)6-9-20(2)17(15)7-10-21(20,25)18(24)12-22/h7,11,15-16,22,25H,3-6,8-10,12H2,1-2H3. The highest BCUT2D eigenvalue weighted by Gasteiger charge is 2.62. The summed E-state index contributed by atoms with van der Waals surface area (Å²) in [5, 5.41) is 20.5. The molecule has 0 aromatic rings. The van der Waals surface area contributed by atoms with E-state index in [1.807, 2.05) is 13.0 Å². The highest BCUT2D eigenvalue weighted by atomic mass is 16.3. The molecule has 0 radical (unpaired) electrons. The number of ketones is 2. The summed E-state index contributed by atoms with van der Waals surface area (Å²) in [5.41, 5.74) is 0.595. The van der Waals surface area contributed by atoms with Crippen LogP contribution in [0, 0.1) is 22.7 Å². The third kappa shape index (κ3) is 2.07. The quantitative estimate of drug-likeness (QED) is 0.756. The Kier molecular flexibility index (Phi) is 3.69. The highest BCUT2D eigenvalue weighted by Crippen LogP contribution is 2.65. The zero-order valence-corrected chi connectivity index (χ0v) is 15.2. The van der Waals surface area contributed by atoms with Gasteiger partial charge in [0.05, 0.1) is 0 Å². The fraction of sp³-hybridized carbons (Fsp3) is 0.714. The van der Waals surface area contributed by atoms with Crippen LogP contribution in [-0.2, 0) is 9.59 Å². The van der Waals surface area contributed by atoms with Crippen LogP contribution >= 0.6 is 0 Å². The van der Waals surface area contributed by atoms with E-state index in [1.54, 1.807) is 0 Å². The van der Waals surface area contributed by atoms with E-state index >= 15 is 0 Å². The molecule has 4 rings (SSSR count). The third-order valence-corrected chi connectivity index (χ3v) is 8.12. The Bertz CT molecular complexity index is 705. The van der Waals surface area contributed by atoms with E-state index in [1.165, 1.54) is 11.1 Å². The Labute approximate surface area is 149 Å². The number of carbonyl (C=O) groups excluding carboxylic acids is 2. The SMILES string of the molecule is CC12CCC(=O)C=C1CCC1C3=CCC(O)(C(=O)CO)C3(C)CCC12. The molecule has 0 aromatic carbocycles. The van der Waals surface area contributed by atoms with Gasteiger partial charge in [0.2, 0.25) is 0 Å². The summed E-state index contributed by atoms with van der Waals surface area (Å²) in [7, 11) is 0. The molecule has 0 bridgehead atoms. The number of aliphatic hydroxyl groups excluding tert-OH is 1. The molecule has 5 atom stereocenters. The van der Waals surface area contributed by atoms with Crippen molar-refractivity contribution in [2.24, 2.45) is 22.7 Å². The van der Waals surface area contributed by atoms with Gasteiger partial charge in [0, 0.05) is 18.3 Å². The van der Waals surface area contributed by atoms with E-state index in [0.717, 1.165) is 32.1 Å². The van der Waals surface area contributed by atoms with Crippen molar-refractivity contribution in [2.75, 3.05) is 6.61 Å². The molecule has 4 heteroatoms. The number of allylic oxidation sites excluding steroid dienone is 2. The number of hydrogen-bond acceptors (Lipinski definition) is 4. The topological polar surface area (TPSA) is 74.6 Å². The van der Waals surface area contributed by atoms with Gasteiger partial charge in [0.1, 0.15) is 12.2 Å². The van der Waals surface area contributed by atoms with E-state index in [9.17, 15) is 19.8 Å². The Balaban J connectivity index is 1.70. The van der Waals surface area contributed by atoms with Crippen LogP contribution in [0.4, 0.5) is 0 Å². The Morgan fingerprint density at radius 3 is 2.72 bits per heavy atom. The molecule has 0 saturated heterocycles. The summed E-state index contributed by atoms with van der Waals surface area (Å²) >= 11 is 0. The average Bonchev–Trinajstić information content (AvgIpc) is 2.87. The highest BCUT2D eigenvalue weighted by molar-refractivity contribution is 5.92. The molecule has 136 valence electrons. The lowest BCUT2D eigenvalue weighted by atomic mass is 9.47. The van der Waals surface area contributed by atoms with Gasteiger partial charge in [0.15, 0.2) is 11.6 Å². The van der Waals surface area contributed by atoms with E-state index in [4.69, 9.17) is 0 Å². The average molecular weight is 344 g/mol. The van der Waals surface area contributed by atoms with Crippen molar-refractivity contribution in [3.05, 3.63) is 23.3 Å². The molecule has 0 aromatic heterocycles. The first kappa shape index (κ1) is 17.2. The molecule has 0 aliphatic heterocycles. The molecule has 2 fully saturated rings. The molecule has 2 N–H and O–H groups in total. The summed E-state index contributed by atoms with van der Waals surface area (Å²) in [6.45, 7) is 3.72. The predicted octanol–water partition coefficient (Wildman–Crippen LogP) is 2.73. The Morgan fingerprint density at radius 2 is 2.00 bits per heavy atom. The van der Waals surface area contributed by atoms with Crippen LogP contribution in [-0.4, -0.2) is 34.0 Å². The third-order valence-electron chi connectivity index (χ3n) is 8.12. The molecule has 2 saturated carbocycles. The molecule has 0 heterocycles. The maximum absolute atomic E-state index is 12.3. The van der Waals surface area contributed by atoms with Crippen molar-refractivity contribution >= 4 is 11.6 Å². The van der Waals surface area contributed by atoms with Crippen LogP contribution in [0.2, 0.25) is 0 Å². The summed E-state index contributed by atoms with van der Waals surface area (Å²) in [4.78, 5) is 24.2. The molecule has 4 nitrogen and oxygen atoms in total. The van der Waals surface area contributed by atoms with Crippen LogP contribution in [0.1, 0.15) is 58.8 Å². The van der Waals surface area contributed by atoms with E-state index in [0.29, 0.717) is 24.7 Å². The maximum atomic E-state index is 12.3. The van der Waals surface area contributed by atoms with Crippen LogP contribution in [0.5, 0.6) is 0 Å². The van der Waals surface area contributed by atoms with Gasteiger partial charge in [-0.3, -0.25) is 9.59 Å². The predicted molar refractivity (Wildman–Crippen MR) is 93.7 cm³/mol. The van der Waals surface area contributed by atoms with Crippen molar-refractivity contribution in [3.8, 4) is 0 Å². The van der Waals surface area contributed by atoms with Crippen molar-refractivity contribution in [3.63, 3.8) is 0 Å². The molecule has 4 aliphatic rings. The number of aliphatic hydroxyl groups is 2. The van der Waals surface area contributed by atoms with Crippen molar-refractivity contribution in [1.29, 1.82) is 0 Å². The molecule has 0 amide bonds. The molecular weight excluding hydrogens is 316 g/mol. The van der Waals surface area contributed by atoms with Crippen LogP contribution in [0.15, 0.2) is 23.3 Å². The zero-order valence-electron chi connectivity index (χ0n) is 15.2. The lowest BCUT2D eigenvalue weighted by Gasteiger charge is -2.57. The monoisotopic (exact) mass is 344 g/mol. The van der Waals surface area contributed by atoms with Gasteiger partial charge in [-0.1, -0.05) is 31.1 Å². The molecular formula is C21H28O4. The molecule has 0 spiro atoms. The number of rotatable bonds is 2. The molecule has 4 aliphatic carbocycles. The summed E-state index contributed by atoms with van der Waals surface area (Å²) < 4.78 is 0. The van der Waals surface area contributed by atoms with E-state index in [-0.39, 0.29) is 11.2 Å². The van der Waals surface area contributed by atoms with Gasteiger partial charge in [-0.05, 0) is 55.4 Å². The minimum Gasteiger partial charge on any atom is -0.388 e. The second kappa shape index (κ2) is 5.37. The minimum atomic E-state index is -1.46. The zero-order chi connectivity index (χ0) is 18.0. The Morgan fingerprint density at radius 1 is 1.24 bits per heavy atom. The second-order valence-electron chi connectivity index (χ2n) is 8.98. The van der Waals surface area contributed by atoms with Crippen molar-refractivity contribution in [1.82, 2.24) is 0 Å². The first-order valence-electron chi connectivity index (χ1n) is 9.57. The fourth-order valence-electron chi connectivity index (χ4n) is 6.46. The Hall–Kier alpha value is -1.26. The van der Waals surface area contributed by atoms with Gasteiger partial charge in [-0.2, -0.15) is 0 Å². The lowest BCUT2D eigenvalue weighted by molar-refractivity contribution is -0.153. The molecule has 5 unspecified atom stereocenters. The summed E-state index contributed by atoms with van der Waals surface area (Å²) in [6, 6.07) is 0. The molecule has 25 heavy (non-hydrogen) atoms.